The monoisotopic (exact) mass is 189 g/mol. The van der Waals surface area contributed by atoms with E-state index >= 15 is 0 Å². The van der Waals surface area contributed by atoms with Gasteiger partial charge in [-0.3, -0.25) is 4.79 Å². The smallest absolute Gasteiger partial charge is 0.248 e. The Labute approximate surface area is 81.8 Å². The van der Waals surface area contributed by atoms with E-state index in [-0.39, 0.29) is 5.91 Å². The van der Waals surface area contributed by atoms with Gasteiger partial charge in [-0.2, -0.15) is 0 Å². The molecule has 0 saturated carbocycles. The zero-order chi connectivity index (χ0) is 9.97. The average Bonchev–Trinajstić information content (AvgIpc) is 2.67. The molecule has 1 aromatic carbocycles. The molecule has 0 fully saturated rings. The van der Waals surface area contributed by atoms with Crippen molar-refractivity contribution in [2.75, 3.05) is 6.54 Å². The van der Waals surface area contributed by atoms with Crippen molar-refractivity contribution in [3.8, 4) is 0 Å². The van der Waals surface area contributed by atoms with Crippen LogP contribution >= 0.6 is 0 Å². The van der Waals surface area contributed by atoms with Crippen LogP contribution in [0, 0.1) is 0 Å². The predicted molar refractivity (Wildman–Crippen MR) is 53.7 cm³/mol. The summed E-state index contributed by atoms with van der Waals surface area (Å²) in [5, 5.41) is 0. The molecule has 0 atom stereocenters. The van der Waals surface area contributed by atoms with Gasteiger partial charge in [0.2, 0.25) is 5.91 Å². The summed E-state index contributed by atoms with van der Waals surface area (Å²) in [7, 11) is 0. The second-order valence-corrected chi connectivity index (χ2v) is 3.06. The van der Waals surface area contributed by atoms with Gasteiger partial charge in [0.05, 0.1) is 11.3 Å². The summed E-state index contributed by atoms with van der Waals surface area (Å²) in [6.45, 7) is 0.472. The Balaban J connectivity index is 2.43. The molecule has 14 heavy (non-hydrogen) atoms. The Morgan fingerprint density at radius 2 is 2.00 bits per heavy atom. The Hall–Kier alpha value is -1.81. The number of nitrogens with one attached hydrogen (secondary N) is 2. The summed E-state index contributed by atoms with van der Waals surface area (Å²) in [6.07, 6.45) is 0. The second kappa shape index (κ2) is 3.51. The van der Waals surface area contributed by atoms with Crippen molar-refractivity contribution in [2.24, 2.45) is 5.73 Å². The molecule has 0 aliphatic carbocycles. The largest absolute Gasteiger partial charge is 0.366 e. The number of amides is 1. The number of primary amides is 1. The average molecular weight is 189 g/mol. The molecule has 1 heterocycles. The van der Waals surface area contributed by atoms with Crippen LogP contribution in [0.3, 0.4) is 0 Å². The standard InChI is InChI=1S/C10H11N3O/c11-10(14)8-6-12-13-9(8)7-4-2-1-3-5-7/h1-5,12-13H,6H2,(H2,11,14). The van der Waals surface area contributed by atoms with Crippen molar-refractivity contribution in [2.45, 2.75) is 0 Å². The van der Waals surface area contributed by atoms with Crippen LogP contribution in [-0.2, 0) is 4.79 Å². The summed E-state index contributed by atoms with van der Waals surface area (Å²) in [6, 6.07) is 9.62. The number of carbonyl (C=O) groups excluding carboxylic acids is 1. The summed E-state index contributed by atoms with van der Waals surface area (Å²) in [5.41, 5.74) is 13.4. The van der Waals surface area contributed by atoms with Gasteiger partial charge in [-0.1, -0.05) is 30.3 Å². The molecular weight excluding hydrogens is 178 g/mol. The maximum absolute atomic E-state index is 11.1. The number of benzene rings is 1. The molecule has 72 valence electrons. The minimum atomic E-state index is -0.388. The Bertz CT molecular complexity index is 384. The molecule has 1 aliphatic heterocycles. The van der Waals surface area contributed by atoms with Gasteiger partial charge in [-0.05, 0) is 5.56 Å². The summed E-state index contributed by atoms with van der Waals surface area (Å²) in [5.74, 6) is -0.388. The third kappa shape index (κ3) is 1.47. The van der Waals surface area contributed by atoms with E-state index in [2.05, 4.69) is 10.9 Å². The van der Waals surface area contributed by atoms with Crippen molar-refractivity contribution < 1.29 is 4.79 Å². The fraction of sp³-hybridized carbons (Fsp3) is 0.100. The van der Waals surface area contributed by atoms with Crippen LogP contribution in [0.15, 0.2) is 35.9 Å². The minimum absolute atomic E-state index is 0.388. The first-order valence-corrected chi connectivity index (χ1v) is 4.36. The Morgan fingerprint density at radius 3 is 2.64 bits per heavy atom. The molecule has 1 amide bonds. The Kier molecular flexibility index (Phi) is 2.20. The van der Waals surface area contributed by atoms with Gasteiger partial charge in [0.25, 0.3) is 0 Å². The maximum Gasteiger partial charge on any atom is 0.248 e. The summed E-state index contributed by atoms with van der Waals surface area (Å²) >= 11 is 0. The number of nitrogens with two attached hydrogens (primary N) is 1. The molecule has 1 aliphatic rings. The van der Waals surface area contributed by atoms with E-state index in [4.69, 9.17) is 5.73 Å². The van der Waals surface area contributed by atoms with Crippen LogP contribution in [0.2, 0.25) is 0 Å². The first-order chi connectivity index (χ1) is 6.79. The molecule has 0 saturated heterocycles. The molecule has 4 N–H and O–H groups in total. The maximum atomic E-state index is 11.1. The molecule has 0 bridgehead atoms. The molecule has 0 aromatic heterocycles. The normalized spacial score (nSPS) is 15.4. The number of carbonyl (C=O) groups is 1. The molecule has 0 spiro atoms. The highest BCUT2D eigenvalue weighted by atomic mass is 16.1. The van der Waals surface area contributed by atoms with Crippen molar-refractivity contribution in [1.82, 2.24) is 10.9 Å². The van der Waals surface area contributed by atoms with Gasteiger partial charge >= 0.3 is 0 Å². The van der Waals surface area contributed by atoms with Crippen molar-refractivity contribution in [1.29, 1.82) is 0 Å². The second-order valence-electron chi connectivity index (χ2n) is 3.06. The SMILES string of the molecule is NC(=O)C1=C(c2ccccc2)NNC1. The number of hydrogen-bond donors (Lipinski definition) is 3. The molecule has 4 nitrogen and oxygen atoms in total. The van der Waals surface area contributed by atoms with E-state index in [1.165, 1.54) is 0 Å². The van der Waals surface area contributed by atoms with E-state index in [1.54, 1.807) is 0 Å². The zero-order valence-electron chi connectivity index (χ0n) is 7.58. The van der Waals surface area contributed by atoms with Crippen molar-refractivity contribution in [3.63, 3.8) is 0 Å². The minimum Gasteiger partial charge on any atom is -0.366 e. The lowest BCUT2D eigenvalue weighted by molar-refractivity contribution is -0.114. The van der Waals surface area contributed by atoms with Crippen molar-refractivity contribution >= 4 is 11.6 Å². The first-order valence-electron chi connectivity index (χ1n) is 4.36. The van der Waals surface area contributed by atoms with Gasteiger partial charge in [0.1, 0.15) is 0 Å². The van der Waals surface area contributed by atoms with Crippen LogP contribution < -0.4 is 16.6 Å². The third-order valence-electron chi connectivity index (χ3n) is 2.14. The van der Waals surface area contributed by atoms with Crippen LogP contribution in [-0.4, -0.2) is 12.5 Å². The zero-order valence-corrected chi connectivity index (χ0v) is 7.58. The van der Waals surface area contributed by atoms with Gasteiger partial charge in [0.15, 0.2) is 0 Å². The first kappa shape index (κ1) is 8.77. The highest BCUT2D eigenvalue weighted by Gasteiger charge is 2.18. The van der Waals surface area contributed by atoms with Gasteiger partial charge in [-0.25, -0.2) is 5.43 Å². The topological polar surface area (TPSA) is 67.2 Å². The van der Waals surface area contributed by atoms with E-state index in [0.717, 1.165) is 11.3 Å². The highest BCUT2D eigenvalue weighted by Crippen LogP contribution is 2.17. The Morgan fingerprint density at radius 1 is 1.29 bits per heavy atom. The number of hydrazine groups is 1. The molecule has 4 heteroatoms. The van der Waals surface area contributed by atoms with Gasteiger partial charge in [-0.15, -0.1) is 0 Å². The van der Waals surface area contributed by atoms with Crippen LogP contribution in [0.1, 0.15) is 5.56 Å². The van der Waals surface area contributed by atoms with E-state index in [9.17, 15) is 4.79 Å². The molecule has 2 rings (SSSR count). The summed E-state index contributed by atoms with van der Waals surface area (Å²) < 4.78 is 0. The van der Waals surface area contributed by atoms with Crippen LogP contribution in [0.25, 0.3) is 5.70 Å². The fourth-order valence-electron chi connectivity index (χ4n) is 1.45. The molecule has 0 unspecified atom stereocenters. The lowest BCUT2D eigenvalue weighted by atomic mass is 10.1. The molecule has 1 aromatic rings. The van der Waals surface area contributed by atoms with Gasteiger partial charge < -0.3 is 11.2 Å². The van der Waals surface area contributed by atoms with E-state index in [0.29, 0.717) is 12.1 Å². The van der Waals surface area contributed by atoms with Crippen molar-refractivity contribution in [3.05, 3.63) is 41.5 Å². The highest BCUT2D eigenvalue weighted by molar-refractivity contribution is 6.01. The molecule has 0 radical (unpaired) electrons. The third-order valence-corrected chi connectivity index (χ3v) is 2.14. The van der Waals surface area contributed by atoms with E-state index < -0.39 is 0 Å². The van der Waals surface area contributed by atoms with E-state index in [1.807, 2.05) is 30.3 Å². The molecular formula is C10H11N3O. The number of hydrogen-bond acceptors (Lipinski definition) is 3. The predicted octanol–water partition coefficient (Wildman–Crippen LogP) is -0.00920. The summed E-state index contributed by atoms with van der Waals surface area (Å²) in [4.78, 5) is 11.1. The fourth-order valence-corrected chi connectivity index (χ4v) is 1.45. The van der Waals surface area contributed by atoms with Crippen LogP contribution in [0.4, 0.5) is 0 Å². The lowest BCUT2D eigenvalue weighted by Gasteiger charge is -2.04. The van der Waals surface area contributed by atoms with Crippen LogP contribution in [0.5, 0.6) is 0 Å². The van der Waals surface area contributed by atoms with Gasteiger partial charge in [0, 0.05) is 6.54 Å². The quantitative estimate of drug-likeness (QED) is 0.613. The number of rotatable bonds is 2. The lowest BCUT2D eigenvalue weighted by Crippen LogP contribution is -2.24.